The van der Waals surface area contributed by atoms with Crippen molar-refractivity contribution in [2.75, 3.05) is 13.2 Å². The first kappa shape index (κ1) is 78.3. The standard InChI is InChI=1S/C76H132O6/c1-4-7-10-13-16-19-22-25-28-31-33-35-36-37-38-39-40-42-43-45-48-51-54-57-60-63-66-69-75(78)81-72-73(71-80-74(77)68-65-62-59-56-53-50-47-30-27-24-21-18-15-12-9-6-3)82-76(79)70-67-64-61-58-55-52-49-46-44-41-34-32-29-26-23-20-17-14-11-8-5-2/h8,11,17,20,22,25-26,29-31,33-34,41,46-47,49,73H,4-7,9-10,12-16,18-19,21,23-24,27-28,32,35-40,42-45,48,50-72H2,1-3H3/b11-8-,20-17-,25-22-,29-26-,33-31-,41-34-,47-30-,49-46-. The Balaban J connectivity index is 4.35. The van der Waals surface area contributed by atoms with Crippen LogP contribution in [0, 0.1) is 0 Å². The minimum Gasteiger partial charge on any atom is -0.462 e. The third-order valence-electron chi connectivity index (χ3n) is 15.3. The van der Waals surface area contributed by atoms with Gasteiger partial charge in [-0.3, -0.25) is 14.4 Å². The normalized spacial score (nSPS) is 12.7. The minimum absolute atomic E-state index is 0.0865. The molecule has 1 unspecified atom stereocenters. The summed E-state index contributed by atoms with van der Waals surface area (Å²) in [5.41, 5.74) is 0. The average molecular weight is 1140 g/mol. The summed E-state index contributed by atoms with van der Waals surface area (Å²) in [5, 5.41) is 0. The summed E-state index contributed by atoms with van der Waals surface area (Å²) in [6.45, 7) is 6.53. The zero-order chi connectivity index (χ0) is 59.2. The number of hydrogen-bond donors (Lipinski definition) is 0. The quantitative estimate of drug-likeness (QED) is 0.0261. The number of ether oxygens (including phenoxy) is 3. The molecule has 472 valence electrons. The van der Waals surface area contributed by atoms with E-state index in [-0.39, 0.29) is 31.1 Å². The molecule has 82 heavy (non-hydrogen) atoms. The Morgan fingerprint density at radius 1 is 0.256 bits per heavy atom. The second kappa shape index (κ2) is 69.8. The highest BCUT2D eigenvalue weighted by Crippen LogP contribution is 2.17. The minimum atomic E-state index is -0.794. The van der Waals surface area contributed by atoms with Crippen LogP contribution in [0.15, 0.2) is 97.2 Å². The van der Waals surface area contributed by atoms with E-state index in [4.69, 9.17) is 14.2 Å². The molecular weight excluding hydrogens is 1010 g/mol. The molecule has 0 spiro atoms. The molecule has 0 heterocycles. The van der Waals surface area contributed by atoms with Crippen molar-refractivity contribution in [2.24, 2.45) is 0 Å². The predicted octanol–water partition coefficient (Wildman–Crippen LogP) is 24.4. The van der Waals surface area contributed by atoms with Crippen LogP contribution in [0.25, 0.3) is 0 Å². The Kier molecular flexibility index (Phi) is 66.7. The van der Waals surface area contributed by atoms with Gasteiger partial charge in [0, 0.05) is 19.3 Å². The largest absolute Gasteiger partial charge is 0.462 e. The summed E-state index contributed by atoms with van der Waals surface area (Å²) in [6, 6.07) is 0. The maximum Gasteiger partial charge on any atom is 0.306 e. The summed E-state index contributed by atoms with van der Waals surface area (Å²) in [7, 11) is 0. The maximum atomic E-state index is 13.0. The fourth-order valence-corrected chi connectivity index (χ4v) is 10.0. The fourth-order valence-electron chi connectivity index (χ4n) is 10.0. The molecule has 0 saturated carbocycles. The van der Waals surface area contributed by atoms with Crippen LogP contribution in [0.3, 0.4) is 0 Å². The second-order valence-corrected chi connectivity index (χ2v) is 23.4. The molecule has 0 saturated heterocycles. The molecule has 0 radical (unpaired) electrons. The average Bonchev–Trinajstić information content (AvgIpc) is 3.48. The van der Waals surface area contributed by atoms with Crippen LogP contribution < -0.4 is 0 Å². The lowest BCUT2D eigenvalue weighted by molar-refractivity contribution is -0.167. The van der Waals surface area contributed by atoms with Gasteiger partial charge in [-0.1, -0.05) is 304 Å². The zero-order valence-corrected chi connectivity index (χ0v) is 54.2. The molecule has 0 amide bonds. The van der Waals surface area contributed by atoms with Gasteiger partial charge in [0.2, 0.25) is 0 Å². The highest BCUT2D eigenvalue weighted by atomic mass is 16.6. The van der Waals surface area contributed by atoms with Crippen molar-refractivity contribution < 1.29 is 28.6 Å². The first-order chi connectivity index (χ1) is 40.5. The van der Waals surface area contributed by atoms with Crippen molar-refractivity contribution in [3.63, 3.8) is 0 Å². The second-order valence-electron chi connectivity index (χ2n) is 23.4. The van der Waals surface area contributed by atoms with Crippen molar-refractivity contribution in [1.82, 2.24) is 0 Å². The van der Waals surface area contributed by atoms with Gasteiger partial charge in [0.25, 0.3) is 0 Å². The van der Waals surface area contributed by atoms with Gasteiger partial charge in [-0.05, 0) is 122 Å². The maximum absolute atomic E-state index is 13.0. The van der Waals surface area contributed by atoms with Crippen LogP contribution in [0.5, 0.6) is 0 Å². The number of unbranched alkanes of at least 4 members (excludes halogenated alkanes) is 37. The molecule has 0 N–H and O–H groups in total. The van der Waals surface area contributed by atoms with Gasteiger partial charge >= 0.3 is 17.9 Å². The van der Waals surface area contributed by atoms with Crippen LogP contribution in [0.4, 0.5) is 0 Å². The molecule has 0 aromatic rings. The monoisotopic (exact) mass is 1140 g/mol. The predicted molar refractivity (Wildman–Crippen MR) is 357 cm³/mol. The molecule has 0 aromatic heterocycles. The molecule has 0 aromatic carbocycles. The first-order valence-corrected chi connectivity index (χ1v) is 35.2. The number of hydrogen-bond acceptors (Lipinski definition) is 6. The van der Waals surface area contributed by atoms with Gasteiger partial charge < -0.3 is 14.2 Å². The van der Waals surface area contributed by atoms with Crippen LogP contribution in [0.2, 0.25) is 0 Å². The molecule has 6 heteroatoms. The van der Waals surface area contributed by atoms with E-state index in [0.29, 0.717) is 19.3 Å². The SMILES string of the molecule is CC/C=C\C/C=C\C/C=C\C/C=C\C/C=C\CCCCCCCC(=O)OC(COC(=O)CCCCCCC/C=C\CCCCCCCCC)COC(=O)CCCCCCCCCCCCCCCCC/C=C\C/C=C\CCCCCCC. The van der Waals surface area contributed by atoms with E-state index in [2.05, 4.69) is 118 Å². The Hall–Kier alpha value is -3.67. The number of carbonyl (C=O) groups is 3. The van der Waals surface area contributed by atoms with E-state index < -0.39 is 6.10 Å². The van der Waals surface area contributed by atoms with Crippen molar-refractivity contribution in [3.05, 3.63) is 97.2 Å². The third kappa shape index (κ3) is 67.1. The summed E-state index contributed by atoms with van der Waals surface area (Å²) in [6.07, 6.45) is 94.3. The van der Waals surface area contributed by atoms with Gasteiger partial charge in [-0.2, -0.15) is 0 Å². The lowest BCUT2D eigenvalue weighted by Crippen LogP contribution is -2.30. The Morgan fingerprint density at radius 3 is 0.756 bits per heavy atom. The van der Waals surface area contributed by atoms with E-state index >= 15 is 0 Å². The van der Waals surface area contributed by atoms with Crippen molar-refractivity contribution >= 4 is 17.9 Å². The smallest absolute Gasteiger partial charge is 0.306 e. The lowest BCUT2D eigenvalue weighted by atomic mass is 10.0. The topological polar surface area (TPSA) is 78.9 Å². The van der Waals surface area contributed by atoms with Crippen LogP contribution in [-0.2, 0) is 28.6 Å². The Bertz CT molecular complexity index is 1590. The Labute approximate surface area is 508 Å². The summed E-state index contributed by atoms with van der Waals surface area (Å²) < 4.78 is 17.0. The van der Waals surface area contributed by atoms with E-state index in [1.54, 1.807) is 0 Å². The molecule has 0 rings (SSSR count). The van der Waals surface area contributed by atoms with Crippen LogP contribution in [0.1, 0.15) is 348 Å². The van der Waals surface area contributed by atoms with E-state index in [0.717, 1.165) is 122 Å². The van der Waals surface area contributed by atoms with Crippen molar-refractivity contribution in [1.29, 1.82) is 0 Å². The van der Waals surface area contributed by atoms with Crippen molar-refractivity contribution in [3.8, 4) is 0 Å². The van der Waals surface area contributed by atoms with Gasteiger partial charge in [-0.15, -0.1) is 0 Å². The van der Waals surface area contributed by atoms with E-state index in [9.17, 15) is 14.4 Å². The van der Waals surface area contributed by atoms with Crippen LogP contribution >= 0.6 is 0 Å². The van der Waals surface area contributed by atoms with Gasteiger partial charge in [0.05, 0.1) is 0 Å². The number of rotatable bonds is 64. The first-order valence-electron chi connectivity index (χ1n) is 35.2. The molecule has 0 aliphatic carbocycles. The van der Waals surface area contributed by atoms with E-state index in [1.807, 2.05) is 0 Å². The highest BCUT2D eigenvalue weighted by Gasteiger charge is 2.19. The number of allylic oxidation sites excluding steroid dienone is 16. The van der Waals surface area contributed by atoms with Crippen LogP contribution in [-0.4, -0.2) is 37.2 Å². The molecule has 1 atom stereocenters. The van der Waals surface area contributed by atoms with Gasteiger partial charge in [0.1, 0.15) is 13.2 Å². The lowest BCUT2D eigenvalue weighted by Gasteiger charge is -2.18. The van der Waals surface area contributed by atoms with E-state index in [1.165, 1.54) is 186 Å². The number of carbonyl (C=O) groups excluding carboxylic acids is 3. The number of esters is 3. The molecule has 0 aliphatic heterocycles. The summed E-state index contributed by atoms with van der Waals surface area (Å²) >= 11 is 0. The van der Waals surface area contributed by atoms with Gasteiger partial charge in [0.15, 0.2) is 6.10 Å². The summed E-state index contributed by atoms with van der Waals surface area (Å²) in [5.74, 6) is -0.899. The third-order valence-corrected chi connectivity index (χ3v) is 15.3. The molecule has 0 fully saturated rings. The van der Waals surface area contributed by atoms with Crippen molar-refractivity contribution in [2.45, 2.75) is 354 Å². The zero-order valence-electron chi connectivity index (χ0n) is 54.2. The molecular formula is C76H132O6. The van der Waals surface area contributed by atoms with Gasteiger partial charge in [-0.25, -0.2) is 0 Å². The molecule has 0 bridgehead atoms. The fraction of sp³-hybridized carbons (Fsp3) is 0.750. The summed E-state index contributed by atoms with van der Waals surface area (Å²) in [4.78, 5) is 38.5. The Morgan fingerprint density at radius 2 is 0.476 bits per heavy atom. The molecule has 0 aliphatic rings. The highest BCUT2D eigenvalue weighted by molar-refractivity contribution is 5.71. The molecule has 6 nitrogen and oxygen atoms in total.